The Morgan fingerprint density at radius 3 is 0.962 bits per heavy atom. The molecule has 0 spiro atoms. The molecular formula is C46H40N4O2+2. The summed E-state index contributed by atoms with van der Waals surface area (Å²) in [6, 6.07) is 51.7. The SMILES string of the molecule is N=C(O)CCC[n+]1c2ccccc2c(-c2ccccc2-c2ccccc2-c2c3ccccc3[n+](CCCC(=N)O)c3ccccc23)c2ccccc21. The van der Waals surface area contributed by atoms with Crippen LogP contribution in [0.1, 0.15) is 25.7 Å². The number of aliphatic hydroxyl groups excluding tert-OH is 2. The molecule has 52 heavy (non-hydrogen) atoms. The molecule has 0 bridgehead atoms. The Morgan fingerprint density at radius 1 is 0.385 bits per heavy atom. The highest BCUT2D eigenvalue weighted by atomic mass is 16.3. The van der Waals surface area contributed by atoms with Crippen LogP contribution in [-0.2, 0) is 13.1 Å². The molecule has 0 radical (unpaired) electrons. The van der Waals surface area contributed by atoms with Gasteiger partial charge in [-0.1, -0.05) is 97.1 Å². The summed E-state index contributed by atoms with van der Waals surface area (Å²) in [4.78, 5) is 0. The molecule has 0 saturated carbocycles. The van der Waals surface area contributed by atoms with Gasteiger partial charge in [-0.05, 0) is 46.5 Å². The fraction of sp³-hybridized carbons (Fsp3) is 0.130. The average Bonchev–Trinajstić information content (AvgIpc) is 3.17. The minimum absolute atomic E-state index is 0.282. The number of aryl methyl sites for hydroxylation is 2. The Bertz CT molecular complexity index is 2370. The fourth-order valence-electron chi connectivity index (χ4n) is 7.97. The van der Waals surface area contributed by atoms with Crippen LogP contribution in [0.5, 0.6) is 0 Å². The number of nitrogens with zero attached hydrogens (tertiary/aromatic N) is 2. The predicted octanol–water partition coefficient (Wildman–Crippen LogP) is 10.5. The van der Waals surface area contributed by atoms with Gasteiger partial charge in [-0.25, -0.2) is 0 Å². The average molecular weight is 681 g/mol. The smallest absolute Gasteiger partial charge is 0.213 e. The zero-order chi connectivity index (χ0) is 35.6. The van der Waals surface area contributed by atoms with E-state index in [0.717, 1.165) is 65.9 Å². The number of aliphatic hydroxyl groups is 2. The Kier molecular flexibility index (Phi) is 8.88. The summed E-state index contributed by atoms with van der Waals surface area (Å²) in [6.45, 7) is 1.37. The molecule has 0 unspecified atom stereocenters. The second-order valence-corrected chi connectivity index (χ2v) is 13.3. The van der Waals surface area contributed by atoms with Gasteiger partial charge in [0.2, 0.25) is 22.1 Å². The van der Waals surface area contributed by atoms with Gasteiger partial charge in [-0.3, -0.25) is 10.8 Å². The molecular weight excluding hydrogens is 641 g/mol. The zero-order valence-electron chi connectivity index (χ0n) is 28.9. The first-order valence-corrected chi connectivity index (χ1v) is 17.9. The maximum atomic E-state index is 9.63. The number of rotatable bonds is 11. The van der Waals surface area contributed by atoms with E-state index in [0.29, 0.717) is 38.8 Å². The molecule has 0 amide bonds. The summed E-state index contributed by atoms with van der Waals surface area (Å²) in [5, 5.41) is 39.0. The van der Waals surface area contributed by atoms with Crippen LogP contribution in [0.2, 0.25) is 0 Å². The first-order valence-electron chi connectivity index (χ1n) is 17.9. The highest BCUT2D eigenvalue weighted by molar-refractivity contribution is 6.13. The Morgan fingerprint density at radius 2 is 0.654 bits per heavy atom. The van der Waals surface area contributed by atoms with Gasteiger partial charge in [0, 0.05) is 61.1 Å². The summed E-state index contributed by atoms with van der Waals surface area (Å²) >= 11 is 0. The van der Waals surface area contributed by atoms with E-state index in [2.05, 4.69) is 155 Å². The van der Waals surface area contributed by atoms with Crippen molar-refractivity contribution in [1.82, 2.24) is 0 Å². The molecule has 6 heteroatoms. The van der Waals surface area contributed by atoms with Crippen molar-refractivity contribution in [2.75, 3.05) is 0 Å². The third-order valence-corrected chi connectivity index (χ3v) is 10.1. The van der Waals surface area contributed by atoms with E-state index in [9.17, 15) is 10.2 Å². The van der Waals surface area contributed by atoms with Crippen molar-refractivity contribution < 1.29 is 19.3 Å². The van der Waals surface area contributed by atoms with Gasteiger partial charge >= 0.3 is 0 Å². The number of fused-ring (bicyclic) bond motifs is 4. The third kappa shape index (κ3) is 5.92. The van der Waals surface area contributed by atoms with Crippen LogP contribution < -0.4 is 9.13 Å². The van der Waals surface area contributed by atoms with Crippen molar-refractivity contribution in [2.45, 2.75) is 38.8 Å². The van der Waals surface area contributed by atoms with E-state index in [1.807, 2.05) is 0 Å². The lowest BCUT2D eigenvalue weighted by Gasteiger charge is -2.19. The molecule has 6 nitrogen and oxygen atoms in total. The van der Waals surface area contributed by atoms with Crippen LogP contribution in [0.4, 0.5) is 0 Å². The molecule has 254 valence electrons. The van der Waals surface area contributed by atoms with Gasteiger partial charge in [0.25, 0.3) is 0 Å². The number of hydrogen-bond acceptors (Lipinski definition) is 2. The Hall–Kier alpha value is -6.40. The van der Waals surface area contributed by atoms with Crippen LogP contribution in [0.25, 0.3) is 77.0 Å². The van der Waals surface area contributed by atoms with Crippen molar-refractivity contribution in [2.24, 2.45) is 0 Å². The number of hydrogen-bond donors (Lipinski definition) is 4. The molecule has 0 aliphatic heterocycles. The van der Waals surface area contributed by atoms with Gasteiger partial charge < -0.3 is 10.2 Å². The van der Waals surface area contributed by atoms with Crippen molar-refractivity contribution in [3.8, 4) is 33.4 Å². The van der Waals surface area contributed by atoms with E-state index in [1.54, 1.807) is 0 Å². The lowest BCUT2D eigenvalue weighted by Crippen LogP contribution is -2.36. The summed E-state index contributed by atoms with van der Waals surface area (Å²) in [5.74, 6) is -0.564. The lowest BCUT2D eigenvalue weighted by molar-refractivity contribution is -0.645. The molecule has 6 aromatic carbocycles. The van der Waals surface area contributed by atoms with Gasteiger partial charge in [0.1, 0.15) is 13.1 Å². The monoisotopic (exact) mass is 680 g/mol. The van der Waals surface area contributed by atoms with Crippen molar-refractivity contribution in [3.05, 3.63) is 146 Å². The van der Waals surface area contributed by atoms with Gasteiger partial charge in [0.05, 0.1) is 21.5 Å². The summed E-state index contributed by atoms with van der Waals surface area (Å²) in [5.41, 5.74) is 11.4. The number of aromatic nitrogens is 2. The van der Waals surface area contributed by atoms with E-state index in [1.165, 1.54) is 11.1 Å². The predicted molar refractivity (Wildman–Crippen MR) is 212 cm³/mol. The van der Waals surface area contributed by atoms with Crippen LogP contribution in [0.15, 0.2) is 146 Å². The molecule has 2 aromatic heterocycles. The van der Waals surface area contributed by atoms with Crippen LogP contribution in [0.3, 0.4) is 0 Å². The minimum Gasteiger partial charge on any atom is -0.497 e. The van der Waals surface area contributed by atoms with E-state index in [-0.39, 0.29) is 11.8 Å². The Balaban J connectivity index is 1.38. The summed E-state index contributed by atoms with van der Waals surface area (Å²) in [7, 11) is 0. The zero-order valence-corrected chi connectivity index (χ0v) is 28.9. The quantitative estimate of drug-likeness (QED) is 0.0473. The highest BCUT2D eigenvalue weighted by Crippen LogP contribution is 2.45. The third-order valence-electron chi connectivity index (χ3n) is 10.1. The largest absolute Gasteiger partial charge is 0.497 e. The lowest BCUT2D eigenvalue weighted by atomic mass is 9.85. The molecule has 0 aliphatic carbocycles. The number of para-hydroxylation sites is 4. The second kappa shape index (κ2) is 14.1. The molecule has 0 aliphatic rings. The number of nitrogens with one attached hydrogen (secondary N) is 2. The van der Waals surface area contributed by atoms with E-state index >= 15 is 0 Å². The summed E-state index contributed by atoms with van der Waals surface area (Å²) < 4.78 is 4.66. The maximum Gasteiger partial charge on any atom is 0.213 e. The van der Waals surface area contributed by atoms with Crippen LogP contribution >= 0.6 is 0 Å². The Labute approximate surface area is 302 Å². The molecule has 4 N–H and O–H groups in total. The topological polar surface area (TPSA) is 95.9 Å². The second-order valence-electron chi connectivity index (χ2n) is 13.3. The van der Waals surface area contributed by atoms with Crippen molar-refractivity contribution >= 4 is 55.4 Å². The molecule has 0 fully saturated rings. The minimum atomic E-state index is -0.282. The van der Waals surface area contributed by atoms with Gasteiger partial charge in [-0.2, -0.15) is 9.13 Å². The fourth-order valence-corrected chi connectivity index (χ4v) is 7.97. The van der Waals surface area contributed by atoms with Gasteiger partial charge in [-0.15, -0.1) is 0 Å². The number of pyridine rings is 2. The molecule has 0 atom stereocenters. The van der Waals surface area contributed by atoms with Crippen LogP contribution in [-0.4, -0.2) is 22.0 Å². The van der Waals surface area contributed by atoms with Crippen molar-refractivity contribution in [1.29, 1.82) is 10.8 Å². The van der Waals surface area contributed by atoms with E-state index in [4.69, 9.17) is 10.8 Å². The highest BCUT2D eigenvalue weighted by Gasteiger charge is 2.26. The molecule has 8 rings (SSSR count). The molecule has 2 heterocycles. The first kappa shape index (κ1) is 32.8. The molecule has 8 aromatic rings. The summed E-state index contributed by atoms with van der Waals surface area (Å²) in [6.07, 6.45) is 2.02. The first-order chi connectivity index (χ1) is 25.5. The molecule has 0 saturated heterocycles. The standard InChI is InChI=1S/C46H38N4O2/c47-43(51)27-13-29-49-39-23-9-5-19-35(39)45(36-20-6-10-24-40(36)49)33-17-3-1-15-31(33)32-16-2-4-18-34(32)46-37-21-7-11-25-41(37)50(30-14-28-44(48)52)42-26-12-8-22-38(42)46/h1-12,15-26H,13-14,27-30H2,(H2-2,47,48,51,52)/p+2. The van der Waals surface area contributed by atoms with Gasteiger partial charge in [0.15, 0.2) is 11.8 Å². The maximum absolute atomic E-state index is 9.63. The normalized spacial score (nSPS) is 11.5. The van der Waals surface area contributed by atoms with Crippen molar-refractivity contribution in [3.63, 3.8) is 0 Å². The number of benzene rings is 6. The van der Waals surface area contributed by atoms with E-state index < -0.39 is 0 Å². The van der Waals surface area contributed by atoms with Crippen LogP contribution in [0, 0.1) is 10.8 Å².